The van der Waals surface area contributed by atoms with Crippen LogP contribution >= 0.6 is 0 Å². The van der Waals surface area contributed by atoms with Crippen molar-refractivity contribution in [1.82, 2.24) is 5.32 Å². The lowest BCUT2D eigenvalue weighted by Gasteiger charge is -2.13. The first-order chi connectivity index (χ1) is 8.90. The van der Waals surface area contributed by atoms with E-state index >= 15 is 0 Å². The lowest BCUT2D eigenvalue weighted by Crippen LogP contribution is -2.41. The van der Waals surface area contributed by atoms with Crippen molar-refractivity contribution in [1.29, 1.82) is 0 Å². The van der Waals surface area contributed by atoms with Gasteiger partial charge >= 0.3 is 11.9 Å². The maximum absolute atomic E-state index is 12.9. The average Bonchev–Trinajstić information content (AvgIpc) is 2.33. The Bertz CT molecular complexity index is 503. The summed E-state index contributed by atoms with van der Waals surface area (Å²) in [7, 11) is 0. The first-order valence-electron chi connectivity index (χ1n) is 5.41. The van der Waals surface area contributed by atoms with Crippen molar-refractivity contribution in [2.45, 2.75) is 18.9 Å². The molecule has 0 heterocycles. The predicted octanol–water partition coefficient (Wildman–Crippen LogP) is 0.873. The molecular weight excluding hydrogens is 257 g/mol. The largest absolute Gasteiger partial charge is 0.481 e. The van der Waals surface area contributed by atoms with Crippen LogP contribution in [0.2, 0.25) is 0 Å². The van der Waals surface area contributed by atoms with E-state index in [1.54, 1.807) is 0 Å². The van der Waals surface area contributed by atoms with Gasteiger partial charge in [0.05, 0.1) is 0 Å². The number of amides is 1. The van der Waals surface area contributed by atoms with E-state index in [2.05, 4.69) is 5.32 Å². The van der Waals surface area contributed by atoms with Crippen molar-refractivity contribution >= 4 is 17.8 Å². The van der Waals surface area contributed by atoms with Crippen LogP contribution in [0.4, 0.5) is 4.39 Å². The quantitative estimate of drug-likeness (QED) is 0.711. The van der Waals surface area contributed by atoms with Crippen LogP contribution in [0.1, 0.15) is 23.2 Å². The number of nitrogens with one attached hydrogen (secondary N) is 1. The smallest absolute Gasteiger partial charge is 0.326 e. The molecule has 0 spiro atoms. The Hall–Kier alpha value is -2.44. The molecule has 102 valence electrons. The van der Waals surface area contributed by atoms with Crippen molar-refractivity contribution in [2.24, 2.45) is 0 Å². The Labute approximate surface area is 107 Å². The molecule has 0 bridgehead atoms. The monoisotopic (exact) mass is 269 g/mol. The van der Waals surface area contributed by atoms with Gasteiger partial charge in [-0.2, -0.15) is 0 Å². The molecule has 0 radical (unpaired) electrons. The van der Waals surface area contributed by atoms with Crippen molar-refractivity contribution in [3.8, 4) is 0 Å². The summed E-state index contributed by atoms with van der Waals surface area (Å²) >= 11 is 0. The number of rotatable bonds is 6. The van der Waals surface area contributed by atoms with Crippen LogP contribution in [0.15, 0.2) is 24.3 Å². The molecule has 1 aromatic rings. The highest BCUT2D eigenvalue weighted by molar-refractivity contribution is 5.96. The molecule has 6 nitrogen and oxygen atoms in total. The maximum Gasteiger partial charge on any atom is 0.326 e. The molecule has 1 amide bonds. The summed E-state index contributed by atoms with van der Waals surface area (Å²) in [6, 6.07) is 3.43. The van der Waals surface area contributed by atoms with Crippen LogP contribution in [0, 0.1) is 5.82 Å². The summed E-state index contributed by atoms with van der Waals surface area (Å²) in [6.45, 7) is 0. The van der Waals surface area contributed by atoms with Crippen molar-refractivity contribution in [3.05, 3.63) is 35.6 Å². The van der Waals surface area contributed by atoms with Gasteiger partial charge in [-0.05, 0) is 24.6 Å². The molecular formula is C12H12FNO5. The fourth-order valence-corrected chi connectivity index (χ4v) is 1.40. The molecule has 0 aromatic heterocycles. The zero-order chi connectivity index (χ0) is 14.4. The Kier molecular flexibility index (Phi) is 4.99. The van der Waals surface area contributed by atoms with Crippen molar-refractivity contribution in [3.63, 3.8) is 0 Å². The predicted molar refractivity (Wildman–Crippen MR) is 62.2 cm³/mol. The van der Waals surface area contributed by atoms with Crippen LogP contribution in [-0.2, 0) is 9.59 Å². The van der Waals surface area contributed by atoms with E-state index in [0.717, 1.165) is 12.1 Å². The van der Waals surface area contributed by atoms with E-state index in [1.807, 2.05) is 0 Å². The Morgan fingerprint density at radius 1 is 1.26 bits per heavy atom. The molecule has 3 N–H and O–H groups in total. The van der Waals surface area contributed by atoms with Gasteiger partial charge in [0.2, 0.25) is 0 Å². The lowest BCUT2D eigenvalue weighted by molar-refractivity contribution is -0.140. The summed E-state index contributed by atoms with van der Waals surface area (Å²) in [5, 5.41) is 19.5. The summed E-state index contributed by atoms with van der Waals surface area (Å²) < 4.78 is 12.9. The highest BCUT2D eigenvalue weighted by Gasteiger charge is 2.21. The molecule has 0 aliphatic rings. The zero-order valence-corrected chi connectivity index (χ0v) is 9.80. The topological polar surface area (TPSA) is 104 Å². The van der Waals surface area contributed by atoms with Gasteiger partial charge in [0, 0.05) is 12.0 Å². The number of benzene rings is 1. The van der Waals surface area contributed by atoms with Crippen LogP contribution in [-0.4, -0.2) is 34.1 Å². The van der Waals surface area contributed by atoms with E-state index in [1.165, 1.54) is 12.1 Å². The Morgan fingerprint density at radius 3 is 2.47 bits per heavy atom. The second-order valence-corrected chi connectivity index (χ2v) is 3.81. The summed E-state index contributed by atoms with van der Waals surface area (Å²) in [4.78, 5) is 32.9. The van der Waals surface area contributed by atoms with Crippen molar-refractivity contribution < 1.29 is 29.0 Å². The molecule has 1 atom stereocenters. The molecule has 0 fully saturated rings. The van der Waals surface area contributed by atoms with E-state index in [-0.39, 0.29) is 18.4 Å². The molecule has 1 rings (SSSR count). The first kappa shape index (κ1) is 14.6. The third-order valence-corrected chi connectivity index (χ3v) is 2.34. The van der Waals surface area contributed by atoms with Gasteiger partial charge in [-0.15, -0.1) is 0 Å². The number of carbonyl (C=O) groups is 3. The minimum absolute atomic E-state index is 0.0263. The summed E-state index contributed by atoms with van der Waals surface area (Å²) in [5.41, 5.74) is -0.0263. The zero-order valence-electron chi connectivity index (χ0n) is 9.80. The molecule has 0 aliphatic heterocycles. The average molecular weight is 269 g/mol. The van der Waals surface area contributed by atoms with Crippen LogP contribution in [0.3, 0.4) is 0 Å². The number of carboxylic acid groups (broad SMARTS) is 2. The van der Waals surface area contributed by atoms with Gasteiger partial charge in [0.15, 0.2) is 0 Å². The maximum atomic E-state index is 12.9. The molecule has 7 heteroatoms. The summed E-state index contributed by atoms with van der Waals surface area (Å²) in [6.07, 6.45) is -0.633. The third-order valence-electron chi connectivity index (χ3n) is 2.34. The Balaban J connectivity index is 2.71. The molecule has 1 aromatic carbocycles. The second kappa shape index (κ2) is 6.48. The van der Waals surface area contributed by atoms with Gasteiger partial charge in [-0.1, -0.05) is 6.07 Å². The number of halogens is 1. The number of carbonyl (C=O) groups excluding carboxylic acids is 1. The molecule has 0 aliphatic carbocycles. The van der Waals surface area contributed by atoms with Crippen LogP contribution in [0.25, 0.3) is 0 Å². The number of aliphatic carboxylic acids is 2. The summed E-state index contributed by atoms with van der Waals surface area (Å²) in [5.74, 6) is -3.89. The van der Waals surface area contributed by atoms with E-state index in [4.69, 9.17) is 10.2 Å². The highest BCUT2D eigenvalue weighted by atomic mass is 19.1. The minimum atomic E-state index is -1.34. The highest BCUT2D eigenvalue weighted by Crippen LogP contribution is 2.05. The SMILES string of the molecule is O=C(O)CCC(NC(=O)c1cccc(F)c1)C(=O)O. The van der Waals surface area contributed by atoms with Crippen molar-refractivity contribution in [2.75, 3.05) is 0 Å². The molecule has 1 unspecified atom stereocenters. The van der Waals surface area contributed by atoms with Crippen LogP contribution < -0.4 is 5.32 Å². The number of hydrogen-bond donors (Lipinski definition) is 3. The fraction of sp³-hybridized carbons (Fsp3) is 0.250. The molecule has 0 saturated carbocycles. The standard InChI is InChI=1S/C12H12FNO5/c13-8-3-1-2-7(6-8)11(17)14-9(12(18)19)4-5-10(15)16/h1-3,6,9H,4-5H2,(H,14,17)(H,15,16)(H,18,19). The van der Waals surface area contributed by atoms with E-state index in [0.29, 0.717) is 0 Å². The molecule has 19 heavy (non-hydrogen) atoms. The van der Waals surface area contributed by atoms with Gasteiger partial charge in [-0.25, -0.2) is 9.18 Å². The number of carboxylic acids is 2. The normalized spacial score (nSPS) is 11.6. The Morgan fingerprint density at radius 2 is 1.95 bits per heavy atom. The fourth-order valence-electron chi connectivity index (χ4n) is 1.40. The van der Waals surface area contributed by atoms with E-state index in [9.17, 15) is 18.8 Å². The van der Waals surface area contributed by atoms with Gasteiger partial charge in [0.1, 0.15) is 11.9 Å². The minimum Gasteiger partial charge on any atom is -0.481 e. The number of hydrogen-bond acceptors (Lipinski definition) is 3. The molecule has 0 saturated heterocycles. The van der Waals surface area contributed by atoms with Crippen LogP contribution in [0.5, 0.6) is 0 Å². The van der Waals surface area contributed by atoms with E-state index < -0.39 is 29.7 Å². The lowest BCUT2D eigenvalue weighted by atomic mass is 10.1. The van der Waals surface area contributed by atoms with Gasteiger partial charge < -0.3 is 15.5 Å². The first-order valence-corrected chi connectivity index (χ1v) is 5.41. The van der Waals surface area contributed by atoms with Gasteiger partial charge in [0.25, 0.3) is 5.91 Å². The van der Waals surface area contributed by atoms with Gasteiger partial charge in [-0.3, -0.25) is 9.59 Å². The second-order valence-electron chi connectivity index (χ2n) is 3.81. The third kappa shape index (κ3) is 4.74.